The van der Waals surface area contributed by atoms with Crippen LogP contribution in [0.3, 0.4) is 0 Å². The first-order valence-corrected chi connectivity index (χ1v) is 5.51. The third-order valence-electron chi connectivity index (χ3n) is 2.53. The van der Waals surface area contributed by atoms with Crippen molar-refractivity contribution in [1.29, 1.82) is 0 Å². The number of aryl methyl sites for hydroxylation is 1. The fourth-order valence-electron chi connectivity index (χ4n) is 1.43. The molecule has 1 atom stereocenters. The van der Waals surface area contributed by atoms with Gasteiger partial charge in [-0.2, -0.15) is 4.98 Å². The molecule has 2 aromatic rings. The second kappa shape index (κ2) is 4.49. The summed E-state index contributed by atoms with van der Waals surface area (Å²) < 4.78 is 1.77. The van der Waals surface area contributed by atoms with Gasteiger partial charge in [-0.05, 0) is 25.0 Å². The smallest absolute Gasteiger partial charge is 0.243 e. The Kier molecular flexibility index (Phi) is 3.05. The highest BCUT2D eigenvalue weighted by atomic mass is 15.3. The highest BCUT2D eigenvalue weighted by molar-refractivity contribution is 5.44. The number of hydrogen-bond donors (Lipinski definition) is 2. The van der Waals surface area contributed by atoms with Gasteiger partial charge >= 0.3 is 0 Å². The van der Waals surface area contributed by atoms with Gasteiger partial charge in [0, 0.05) is 18.8 Å². The number of anilines is 1. The molecule has 0 radical (unpaired) electrons. The Bertz CT molecular complexity index is 476. The van der Waals surface area contributed by atoms with Crippen molar-refractivity contribution in [3.05, 3.63) is 23.9 Å². The number of pyridine rings is 1. The predicted octanol–water partition coefficient (Wildman–Crippen LogP) is 1.19. The van der Waals surface area contributed by atoms with E-state index in [0.29, 0.717) is 12.5 Å². The monoisotopic (exact) mass is 219 g/mol. The molecule has 2 rings (SSSR count). The molecule has 16 heavy (non-hydrogen) atoms. The van der Waals surface area contributed by atoms with Gasteiger partial charge in [-0.1, -0.05) is 13.0 Å². The van der Waals surface area contributed by atoms with Gasteiger partial charge in [-0.3, -0.25) is 0 Å². The number of nitrogens with zero attached hydrogens (tertiary/aromatic N) is 3. The Balaban J connectivity index is 2.13. The highest BCUT2D eigenvalue weighted by Gasteiger charge is 2.04. The minimum atomic E-state index is 0.147. The molecule has 0 saturated carbocycles. The number of nitrogens with one attached hydrogen (secondary N) is 1. The second-order valence-corrected chi connectivity index (χ2v) is 3.99. The van der Waals surface area contributed by atoms with Crippen molar-refractivity contribution in [2.45, 2.75) is 26.3 Å². The van der Waals surface area contributed by atoms with E-state index in [1.165, 1.54) is 0 Å². The molecule has 0 aliphatic heterocycles. The average Bonchev–Trinajstić information content (AvgIpc) is 2.67. The maximum Gasteiger partial charge on any atom is 0.243 e. The van der Waals surface area contributed by atoms with Gasteiger partial charge in [0.2, 0.25) is 5.95 Å². The van der Waals surface area contributed by atoms with Crippen molar-refractivity contribution in [3.8, 4) is 0 Å². The van der Waals surface area contributed by atoms with E-state index in [1.54, 1.807) is 4.52 Å². The van der Waals surface area contributed by atoms with Crippen molar-refractivity contribution >= 4 is 11.6 Å². The molecule has 0 spiro atoms. The Labute approximate surface area is 94.7 Å². The standard InChI is InChI=1S/C11H17N5/c1-3-9(12)6-13-11-14-10-5-4-8(2)7-16(10)15-11/h4-5,7,9H,3,6,12H2,1-2H3,(H,13,15). The molecule has 0 aromatic carbocycles. The third-order valence-corrected chi connectivity index (χ3v) is 2.53. The maximum atomic E-state index is 5.81. The molecule has 1 unspecified atom stereocenters. The average molecular weight is 219 g/mol. The van der Waals surface area contributed by atoms with Crippen LogP contribution in [0, 0.1) is 6.92 Å². The van der Waals surface area contributed by atoms with E-state index in [1.807, 2.05) is 25.3 Å². The fraction of sp³-hybridized carbons (Fsp3) is 0.455. The summed E-state index contributed by atoms with van der Waals surface area (Å²) in [6.07, 6.45) is 2.90. The maximum absolute atomic E-state index is 5.81. The van der Waals surface area contributed by atoms with E-state index in [2.05, 4.69) is 22.3 Å². The van der Waals surface area contributed by atoms with Gasteiger partial charge in [0.15, 0.2) is 5.65 Å². The van der Waals surface area contributed by atoms with Crippen LogP contribution in [0.5, 0.6) is 0 Å². The van der Waals surface area contributed by atoms with Crippen LogP contribution in [0.15, 0.2) is 18.3 Å². The van der Waals surface area contributed by atoms with Crippen molar-refractivity contribution in [2.75, 3.05) is 11.9 Å². The minimum absolute atomic E-state index is 0.147. The number of nitrogens with two attached hydrogens (primary N) is 1. The van der Waals surface area contributed by atoms with Crippen LogP contribution in [0.1, 0.15) is 18.9 Å². The van der Waals surface area contributed by atoms with Crippen molar-refractivity contribution in [1.82, 2.24) is 14.6 Å². The Morgan fingerprint density at radius 2 is 2.31 bits per heavy atom. The molecule has 0 amide bonds. The second-order valence-electron chi connectivity index (χ2n) is 3.99. The summed E-state index contributed by atoms with van der Waals surface area (Å²) in [4.78, 5) is 4.35. The zero-order chi connectivity index (χ0) is 11.5. The summed E-state index contributed by atoms with van der Waals surface area (Å²) in [6, 6.07) is 4.12. The number of rotatable bonds is 4. The lowest BCUT2D eigenvalue weighted by atomic mass is 10.2. The van der Waals surface area contributed by atoms with E-state index >= 15 is 0 Å². The lowest BCUT2D eigenvalue weighted by molar-refractivity contribution is 0.676. The van der Waals surface area contributed by atoms with E-state index in [0.717, 1.165) is 17.6 Å². The van der Waals surface area contributed by atoms with Gasteiger partial charge < -0.3 is 11.1 Å². The van der Waals surface area contributed by atoms with Crippen molar-refractivity contribution < 1.29 is 0 Å². The van der Waals surface area contributed by atoms with Gasteiger partial charge in [-0.15, -0.1) is 5.10 Å². The molecule has 5 heteroatoms. The molecule has 0 aliphatic rings. The zero-order valence-electron chi connectivity index (χ0n) is 9.64. The molecule has 86 valence electrons. The van der Waals surface area contributed by atoms with Crippen molar-refractivity contribution in [3.63, 3.8) is 0 Å². The highest BCUT2D eigenvalue weighted by Crippen LogP contribution is 2.06. The fourth-order valence-corrected chi connectivity index (χ4v) is 1.43. The summed E-state index contributed by atoms with van der Waals surface area (Å²) in [7, 11) is 0. The van der Waals surface area contributed by atoms with E-state index in [-0.39, 0.29) is 6.04 Å². The van der Waals surface area contributed by atoms with Crippen LogP contribution < -0.4 is 11.1 Å². The van der Waals surface area contributed by atoms with E-state index < -0.39 is 0 Å². The number of aromatic nitrogens is 3. The molecule has 0 aliphatic carbocycles. The van der Waals surface area contributed by atoms with Crippen LogP contribution >= 0.6 is 0 Å². The SMILES string of the molecule is CCC(N)CNc1nc2ccc(C)cn2n1. The first kappa shape index (κ1) is 10.9. The zero-order valence-corrected chi connectivity index (χ0v) is 9.64. The van der Waals surface area contributed by atoms with Gasteiger partial charge in [-0.25, -0.2) is 4.52 Å². The largest absolute Gasteiger partial charge is 0.351 e. The molecule has 0 saturated heterocycles. The molecule has 0 fully saturated rings. The van der Waals surface area contributed by atoms with Gasteiger partial charge in [0.05, 0.1) is 0 Å². The summed E-state index contributed by atoms with van der Waals surface area (Å²) in [5.74, 6) is 0.634. The molecule has 2 aromatic heterocycles. The van der Waals surface area contributed by atoms with Crippen LogP contribution in [0.2, 0.25) is 0 Å². The Hall–Kier alpha value is -1.62. The first-order valence-electron chi connectivity index (χ1n) is 5.51. The first-order chi connectivity index (χ1) is 7.69. The number of hydrogen-bond acceptors (Lipinski definition) is 4. The molecular formula is C11H17N5. The molecule has 5 nitrogen and oxygen atoms in total. The summed E-state index contributed by atoms with van der Waals surface area (Å²) in [5, 5.41) is 7.45. The van der Waals surface area contributed by atoms with Gasteiger partial charge in [0.1, 0.15) is 0 Å². The molecule has 2 heterocycles. The normalized spacial score (nSPS) is 12.9. The number of fused-ring (bicyclic) bond motifs is 1. The van der Waals surface area contributed by atoms with Crippen LogP contribution in [-0.2, 0) is 0 Å². The summed E-state index contributed by atoms with van der Waals surface area (Å²) in [5.41, 5.74) is 7.82. The van der Waals surface area contributed by atoms with Crippen LogP contribution in [-0.4, -0.2) is 27.2 Å². The Morgan fingerprint density at radius 3 is 3.06 bits per heavy atom. The van der Waals surface area contributed by atoms with Crippen LogP contribution in [0.4, 0.5) is 5.95 Å². The lowest BCUT2D eigenvalue weighted by Crippen LogP contribution is -2.28. The lowest BCUT2D eigenvalue weighted by Gasteiger charge is -2.07. The quantitative estimate of drug-likeness (QED) is 0.810. The molecular weight excluding hydrogens is 202 g/mol. The third kappa shape index (κ3) is 2.30. The minimum Gasteiger partial charge on any atom is -0.351 e. The summed E-state index contributed by atoms with van der Waals surface area (Å²) in [6.45, 7) is 4.79. The van der Waals surface area contributed by atoms with E-state index in [4.69, 9.17) is 5.73 Å². The van der Waals surface area contributed by atoms with Crippen LogP contribution in [0.25, 0.3) is 5.65 Å². The van der Waals surface area contributed by atoms with E-state index in [9.17, 15) is 0 Å². The summed E-state index contributed by atoms with van der Waals surface area (Å²) >= 11 is 0. The van der Waals surface area contributed by atoms with Crippen molar-refractivity contribution in [2.24, 2.45) is 5.73 Å². The van der Waals surface area contributed by atoms with Gasteiger partial charge in [0.25, 0.3) is 0 Å². The predicted molar refractivity (Wildman–Crippen MR) is 64.5 cm³/mol. The molecule has 3 N–H and O–H groups in total. The molecule has 0 bridgehead atoms. The topological polar surface area (TPSA) is 68.2 Å². The Morgan fingerprint density at radius 1 is 1.50 bits per heavy atom.